The number of hydrogen-bond donors (Lipinski definition) is 1. The number of anilines is 1. The fraction of sp³-hybridized carbons (Fsp3) is 0.278. The smallest absolute Gasteiger partial charge is 0.289 e. The van der Waals surface area contributed by atoms with E-state index in [4.69, 9.17) is 9.47 Å². The van der Waals surface area contributed by atoms with E-state index in [0.29, 0.717) is 25.3 Å². The summed E-state index contributed by atoms with van der Waals surface area (Å²) in [6, 6.07) is 13.2. The summed E-state index contributed by atoms with van der Waals surface area (Å²) in [4.78, 5) is 4.01. The van der Waals surface area contributed by atoms with Crippen molar-refractivity contribution in [2.45, 2.75) is 19.1 Å². The van der Waals surface area contributed by atoms with Crippen LogP contribution >= 0.6 is 11.3 Å². The lowest BCUT2D eigenvalue weighted by atomic mass is 10.2. The molecule has 4 nitrogen and oxygen atoms in total. The van der Waals surface area contributed by atoms with Crippen LogP contribution in [0.5, 0.6) is 5.75 Å². The Hall–Kier alpha value is -2.25. The molecule has 0 saturated carbocycles. The molecule has 0 amide bonds. The topological polar surface area (TPSA) is 43.4 Å². The van der Waals surface area contributed by atoms with E-state index in [-0.39, 0.29) is 11.1 Å². The number of fused-ring (bicyclic) bond motifs is 1. The van der Waals surface area contributed by atoms with Gasteiger partial charge in [0.1, 0.15) is 11.9 Å². The first-order valence-corrected chi connectivity index (χ1v) is 8.76. The van der Waals surface area contributed by atoms with E-state index in [1.807, 2.05) is 36.4 Å². The number of benzene rings is 2. The molecule has 1 aliphatic heterocycles. The fourth-order valence-electron chi connectivity index (χ4n) is 2.62. The number of para-hydroxylation sites is 2. The highest BCUT2D eigenvalue weighted by Crippen LogP contribution is 2.32. The quantitative estimate of drug-likeness (QED) is 0.695. The maximum absolute atomic E-state index is 12.9. The monoisotopic (exact) mass is 362 g/mol. The molecule has 0 spiro atoms. The second-order valence-corrected chi connectivity index (χ2v) is 6.78. The Kier molecular flexibility index (Phi) is 4.50. The van der Waals surface area contributed by atoms with Crippen LogP contribution in [0.2, 0.25) is 0 Å². The van der Waals surface area contributed by atoms with E-state index < -0.39 is 6.43 Å². The van der Waals surface area contributed by atoms with Crippen LogP contribution in [0, 0.1) is 0 Å². The van der Waals surface area contributed by atoms with Crippen LogP contribution in [0.3, 0.4) is 0 Å². The molecule has 1 fully saturated rings. The van der Waals surface area contributed by atoms with Gasteiger partial charge in [0.05, 0.1) is 29.1 Å². The molecule has 2 heterocycles. The number of ether oxygens (including phenoxy) is 2. The fourth-order valence-corrected chi connectivity index (χ4v) is 3.56. The summed E-state index contributed by atoms with van der Waals surface area (Å²) in [5, 5.41) is 3.20. The van der Waals surface area contributed by atoms with Gasteiger partial charge in [-0.05, 0) is 23.8 Å². The van der Waals surface area contributed by atoms with Crippen LogP contribution in [0.15, 0.2) is 42.5 Å². The summed E-state index contributed by atoms with van der Waals surface area (Å²) in [6.07, 6.45) is -2.46. The van der Waals surface area contributed by atoms with Crippen LogP contribution in [-0.4, -0.2) is 24.3 Å². The standard InChI is InChI=1S/C18H16F2N2O2S/c19-17(20)18-22-14-6-3-4-11(16(14)25-18)8-21-13-5-1-2-7-15(13)24-12-9-23-10-12/h1-7,12,17,21H,8-10H2. The van der Waals surface area contributed by atoms with E-state index in [2.05, 4.69) is 10.3 Å². The predicted molar refractivity (Wildman–Crippen MR) is 93.6 cm³/mol. The van der Waals surface area contributed by atoms with Crippen LogP contribution in [-0.2, 0) is 11.3 Å². The maximum Gasteiger partial charge on any atom is 0.289 e. The van der Waals surface area contributed by atoms with E-state index in [9.17, 15) is 8.78 Å². The van der Waals surface area contributed by atoms with Crippen LogP contribution < -0.4 is 10.1 Å². The van der Waals surface area contributed by atoms with Crippen molar-refractivity contribution in [1.82, 2.24) is 4.98 Å². The van der Waals surface area contributed by atoms with Gasteiger partial charge in [0.15, 0.2) is 5.01 Å². The number of thiazole rings is 1. The summed E-state index contributed by atoms with van der Waals surface area (Å²) in [5.41, 5.74) is 2.41. The highest BCUT2D eigenvalue weighted by Gasteiger charge is 2.21. The molecular weight excluding hydrogens is 346 g/mol. The average molecular weight is 362 g/mol. The Balaban J connectivity index is 1.54. The molecular formula is C18H16F2N2O2S. The molecule has 4 rings (SSSR count). The molecule has 0 radical (unpaired) electrons. The van der Waals surface area contributed by atoms with Crippen LogP contribution in [0.25, 0.3) is 10.2 Å². The third-order valence-electron chi connectivity index (χ3n) is 3.96. The van der Waals surface area contributed by atoms with Gasteiger partial charge in [-0.3, -0.25) is 0 Å². The molecule has 7 heteroatoms. The lowest BCUT2D eigenvalue weighted by molar-refractivity contribution is -0.0794. The normalized spacial score (nSPS) is 14.7. The van der Waals surface area contributed by atoms with Gasteiger partial charge in [-0.15, -0.1) is 11.3 Å². The summed E-state index contributed by atoms with van der Waals surface area (Å²) in [7, 11) is 0. The predicted octanol–water partition coefficient (Wildman–Crippen LogP) is 4.62. The summed E-state index contributed by atoms with van der Waals surface area (Å²) >= 11 is 1.05. The van der Waals surface area contributed by atoms with Gasteiger partial charge in [0.2, 0.25) is 0 Å². The Labute approximate surface area is 147 Å². The van der Waals surface area contributed by atoms with Crippen molar-refractivity contribution in [3.05, 3.63) is 53.0 Å². The van der Waals surface area contributed by atoms with Gasteiger partial charge in [0.25, 0.3) is 6.43 Å². The molecule has 0 aliphatic carbocycles. The molecule has 3 aromatic rings. The Morgan fingerprint density at radius 3 is 2.80 bits per heavy atom. The van der Waals surface area contributed by atoms with Crippen molar-refractivity contribution in [2.24, 2.45) is 0 Å². The first-order chi connectivity index (χ1) is 12.2. The largest absolute Gasteiger partial charge is 0.483 e. The minimum absolute atomic E-state index is 0.0847. The van der Waals surface area contributed by atoms with Gasteiger partial charge in [-0.25, -0.2) is 13.8 Å². The van der Waals surface area contributed by atoms with Crippen molar-refractivity contribution in [3.8, 4) is 5.75 Å². The minimum Gasteiger partial charge on any atom is -0.483 e. The molecule has 0 unspecified atom stereocenters. The zero-order valence-electron chi connectivity index (χ0n) is 13.2. The SMILES string of the molecule is FC(F)c1nc2cccc(CNc3ccccc3OC3COC3)c2s1. The third-order valence-corrected chi connectivity index (χ3v) is 5.11. The van der Waals surface area contributed by atoms with Gasteiger partial charge in [-0.2, -0.15) is 0 Å². The number of halogens is 2. The van der Waals surface area contributed by atoms with Crippen LogP contribution in [0.1, 0.15) is 17.0 Å². The van der Waals surface area contributed by atoms with Crippen molar-refractivity contribution in [3.63, 3.8) is 0 Å². The number of alkyl halides is 2. The number of aromatic nitrogens is 1. The molecule has 0 bridgehead atoms. The van der Waals surface area contributed by atoms with E-state index in [1.54, 1.807) is 6.07 Å². The van der Waals surface area contributed by atoms with Crippen LogP contribution in [0.4, 0.5) is 14.5 Å². The third kappa shape index (κ3) is 3.43. The molecule has 1 aliphatic rings. The molecule has 130 valence electrons. The number of hydrogen-bond acceptors (Lipinski definition) is 5. The molecule has 1 saturated heterocycles. The number of rotatable bonds is 6. The van der Waals surface area contributed by atoms with E-state index in [1.165, 1.54) is 0 Å². The maximum atomic E-state index is 12.9. The minimum atomic E-state index is -2.54. The molecule has 2 aromatic carbocycles. The lowest BCUT2D eigenvalue weighted by Crippen LogP contribution is -2.38. The number of nitrogens with one attached hydrogen (secondary N) is 1. The zero-order chi connectivity index (χ0) is 17.2. The Morgan fingerprint density at radius 1 is 1.20 bits per heavy atom. The summed E-state index contributed by atoms with van der Waals surface area (Å²) in [6.45, 7) is 1.71. The first kappa shape index (κ1) is 16.2. The molecule has 0 atom stereocenters. The highest BCUT2D eigenvalue weighted by molar-refractivity contribution is 7.18. The van der Waals surface area contributed by atoms with Crippen molar-refractivity contribution >= 4 is 27.2 Å². The summed E-state index contributed by atoms with van der Waals surface area (Å²) < 4.78 is 37.6. The average Bonchev–Trinajstić information content (AvgIpc) is 3.02. The summed E-state index contributed by atoms with van der Waals surface area (Å²) in [5.74, 6) is 0.764. The highest BCUT2D eigenvalue weighted by atomic mass is 32.1. The number of nitrogens with zero attached hydrogens (tertiary/aromatic N) is 1. The first-order valence-electron chi connectivity index (χ1n) is 7.94. The second-order valence-electron chi connectivity index (χ2n) is 5.75. The van der Waals surface area contributed by atoms with Gasteiger partial charge < -0.3 is 14.8 Å². The second kappa shape index (κ2) is 6.93. The zero-order valence-corrected chi connectivity index (χ0v) is 14.1. The van der Waals surface area contributed by atoms with Gasteiger partial charge in [0, 0.05) is 6.54 Å². The van der Waals surface area contributed by atoms with E-state index in [0.717, 1.165) is 33.0 Å². The van der Waals surface area contributed by atoms with Gasteiger partial charge >= 0.3 is 0 Å². The van der Waals surface area contributed by atoms with Crippen molar-refractivity contribution < 1.29 is 18.3 Å². The van der Waals surface area contributed by atoms with Gasteiger partial charge in [-0.1, -0.05) is 24.3 Å². The molecule has 1 N–H and O–H groups in total. The molecule has 25 heavy (non-hydrogen) atoms. The van der Waals surface area contributed by atoms with Crippen molar-refractivity contribution in [1.29, 1.82) is 0 Å². The van der Waals surface area contributed by atoms with E-state index >= 15 is 0 Å². The Bertz CT molecular complexity index is 880. The molecule has 1 aromatic heterocycles. The lowest BCUT2D eigenvalue weighted by Gasteiger charge is -2.27. The van der Waals surface area contributed by atoms with Crippen molar-refractivity contribution in [2.75, 3.05) is 18.5 Å². The Morgan fingerprint density at radius 2 is 2.04 bits per heavy atom.